The van der Waals surface area contributed by atoms with Crippen molar-refractivity contribution in [2.45, 2.75) is 12.5 Å². The predicted octanol–water partition coefficient (Wildman–Crippen LogP) is 2.87. The first-order valence-electron chi connectivity index (χ1n) is 6.02. The van der Waals surface area contributed by atoms with E-state index < -0.39 is 5.60 Å². The lowest BCUT2D eigenvalue weighted by Crippen LogP contribution is -2.26. The molecule has 0 aliphatic carbocycles. The molecule has 0 bridgehead atoms. The van der Waals surface area contributed by atoms with E-state index in [9.17, 15) is 5.11 Å². The van der Waals surface area contributed by atoms with E-state index in [0.717, 1.165) is 16.9 Å². The Morgan fingerprint density at radius 1 is 1.11 bits per heavy atom. The zero-order chi connectivity index (χ0) is 13.9. The van der Waals surface area contributed by atoms with Crippen LogP contribution in [0.2, 0.25) is 0 Å². The molecule has 1 atom stereocenters. The van der Waals surface area contributed by atoms with Crippen molar-refractivity contribution in [3.8, 4) is 18.1 Å². The Bertz CT molecular complexity index is 608. The molecule has 0 fully saturated rings. The first kappa shape index (κ1) is 13.2. The van der Waals surface area contributed by atoms with Crippen LogP contribution < -0.4 is 4.74 Å². The van der Waals surface area contributed by atoms with Crippen LogP contribution in [-0.4, -0.2) is 12.2 Å². The first-order valence-corrected chi connectivity index (χ1v) is 6.02. The van der Waals surface area contributed by atoms with E-state index in [1.165, 1.54) is 0 Å². The number of aliphatic hydroxyl groups is 1. The summed E-state index contributed by atoms with van der Waals surface area (Å²) < 4.78 is 5.11. The van der Waals surface area contributed by atoms with Crippen LogP contribution in [0.25, 0.3) is 0 Å². The number of aryl methyl sites for hydroxylation is 1. The molecule has 2 nitrogen and oxygen atoms in total. The van der Waals surface area contributed by atoms with Crippen molar-refractivity contribution in [1.29, 1.82) is 0 Å². The third-order valence-electron chi connectivity index (χ3n) is 3.25. The lowest BCUT2D eigenvalue weighted by Gasteiger charge is -2.25. The molecule has 2 rings (SSSR count). The SMILES string of the molecule is C#C[C@](O)(c1ccc(OC)cc1)c1ccccc1C. The molecule has 96 valence electrons. The van der Waals surface area contributed by atoms with E-state index >= 15 is 0 Å². The summed E-state index contributed by atoms with van der Waals surface area (Å²) in [5.74, 6) is 3.23. The molecule has 0 aromatic heterocycles. The van der Waals surface area contributed by atoms with Crippen molar-refractivity contribution in [2.24, 2.45) is 0 Å². The Hall–Kier alpha value is -2.24. The number of hydrogen-bond acceptors (Lipinski definition) is 2. The molecule has 0 aliphatic rings. The maximum Gasteiger partial charge on any atom is 0.176 e. The van der Waals surface area contributed by atoms with Crippen molar-refractivity contribution in [3.05, 3.63) is 65.2 Å². The number of benzene rings is 2. The molecule has 2 aromatic rings. The quantitative estimate of drug-likeness (QED) is 0.851. The van der Waals surface area contributed by atoms with Crippen LogP contribution in [-0.2, 0) is 5.60 Å². The maximum atomic E-state index is 10.8. The molecule has 19 heavy (non-hydrogen) atoms. The topological polar surface area (TPSA) is 29.5 Å². The summed E-state index contributed by atoms with van der Waals surface area (Å²) in [6, 6.07) is 14.7. The highest BCUT2D eigenvalue weighted by molar-refractivity contribution is 5.47. The summed E-state index contributed by atoms with van der Waals surface area (Å²) in [5.41, 5.74) is 0.920. The number of ether oxygens (including phenoxy) is 1. The molecule has 2 aromatic carbocycles. The fourth-order valence-corrected chi connectivity index (χ4v) is 2.13. The van der Waals surface area contributed by atoms with Crippen LogP contribution in [0, 0.1) is 19.3 Å². The van der Waals surface area contributed by atoms with Gasteiger partial charge in [-0.15, -0.1) is 6.42 Å². The van der Waals surface area contributed by atoms with Crippen molar-refractivity contribution < 1.29 is 9.84 Å². The predicted molar refractivity (Wildman–Crippen MR) is 76.0 cm³/mol. The fourth-order valence-electron chi connectivity index (χ4n) is 2.13. The third kappa shape index (κ3) is 2.33. The van der Waals surface area contributed by atoms with Gasteiger partial charge in [-0.25, -0.2) is 0 Å². The highest BCUT2D eigenvalue weighted by atomic mass is 16.5. The summed E-state index contributed by atoms with van der Waals surface area (Å²) in [7, 11) is 1.60. The molecular formula is C17H16O2. The van der Waals surface area contributed by atoms with Gasteiger partial charge in [-0.3, -0.25) is 0 Å². The van der Waals surface area contributed by atoms with Crippen LogP contribution >= 0.6 is 0 Å². The highest BCUT2D eigenvalue weighted by Crippen LogP contribution is 2.32. The first-order chi connectivity index (χ1) is 9.11. The fraction of sp³-hybridized carbons (Fsp3) is 0.176. The average molecular weight is 252 g/mol. The summed E-state index contributed by atoms with van der Waals surface area (Å²) in [5, 5.41) is 10.8. The number of terminal acetylenes is 1. The molecule has 0 saturated heterocycles. The Morgan fingerprint density at radius 3 is 2.26 bits per heavy atom. The minimum Gasteiger partial charge on any atom is -0.497 e. The smallest absolute Gasteiger partial charge is 0.176 e. The summed E-state index contributed by atoms with van der Waals surface area (Å²) in [6.45, 7) is 1.93. The summed E-state index contributed by atoms with van der Waals surface area (Å²) >= 11 is 0. The van der Waals surface area contributed by atoms with Gasteiger partial charge in [0.05, 0.1) is 7.11 Å². The second kappa shape index (κ2) is 5.17. The van der Waals surface area contributed by atoms with E-state index in [1.807, 2.05) is 31.2 Å². The minimum atomic E-state index is -1.42. The number of methoxy groups -OCH3 is 1. The van der Waals surface area contributed by atoms with E-state index in [-0.39, 0.29) is 0 Å². The molecule has 0 amide bonds. The van der Waals surface area contributed by atoms with Crippen molar-refractivity contribution >= 4 is 0 Å². The molecule has 0 saturated carbocycles. The van der Waals surface area contributed by atoms with Gasteiger partial charge < -0.3 is 9.84 Å². The van der Waals surface area contributed by atoms with Gasteiger partial charge >= 0.3 is 0 Å². The van der Waals surface area contributed by atoms with Crippen molar-refractivity contribution in [1.82, 2.24) is 0 Å². The van der Waals surface area contributed by atoms with Gasteiger partial charge in [0.25, 0.3) is 0 Å². The Balaban J connectivity index is 2.54. The second-order valence-electron chi connectivity index (χ2n) is 4.40. The van der Waals surface area contributed by atoms with Gasteiger partial charge in [-0.05, 0) is 24.6 Å². The van der Waals surface area contributed by atoms with Crippen LogP contribution in [0.5, 0.6) is 5.75 Å². The van der Waals surface area contributed by atoms with E-state index in [4.69, 9.17) is 11.2 Å². The standard InChI is InChI=1S/C17H16O2/c1-4-17(18,16-8-6-5-7-13(16)2)14-9-11-15(19-3)12-10-14/h1,5-12,18H,2-3H3/t17-/m0/s1. The molecule has 0 radical (unpaired) electrons. The molecule has 0 heterocycles. The van der Waals surface area contributed by atoms with Gasteiger partial charge in [-0.2, -0.15) is 0 Å². The molecular weight excluding hydrogens is 236 g/mol. The average Bonchev–Trinajstić information content (AvgIpc) is 2.47. The van der Waals surface area contributed by atoms with E-state index in [1.54, 1.807) is 31.4 Å². The molecule has 1 N–H and O–H groups in total. The lowest BCUT2D eigenvalue weighted by molar-refractivity contribution is 0.144. The number of hydrogen-bond donors (Lipinski definition) is 1. The maximum absolute atomic E-state index is 10.8. The van der Waals surface area contributed by atoms with Gasteiger partial charge in [0.1, 0.15) is 5.75 Å². The lowest BCUT2D eigenvalue weighted by atomic mass is 9.84. The molecule has 0 unspecified atom stereocenters. The third-order valence-corrected chi connectivity index (χ3v) is 3.25. The Labute approximate surface area is 113 Å². The van der Waals surface area contributed by atoms with Gasteiger partial charge in [-0.1, -0.05) is 42.3 Å². The van der Waals surface area contributed by atoms with Crippen LogP contribution in [0.3, 0.4) is 0 Å². The van der Waals surface area contributed by atoms with Crippen molar-refractivity contribution in [3.63, 3.8) is 0 Å². The Morgan fingerprint density at radius 2 is 1.74 bits per heavy atom. The van der Waals surface area contributed by atoms with Crippen LogP contribution in [0.4, 0.5) is 0 Å². The Kier molecular flexibility index (Phi) is 3.59. The largest absolute Gasteiger partial charge is 0.497 e. The van der Waals surface area contributed by atoms with Gasteiger partial charge in [0.2, 0.25) is 0 Å². The zero-order valence-electron chi connectivity index (χ0n) is 11.1. The van der Waals surface area contributed by atoms with Crippen molar-refractivity contribution in [2.75, 3.05) is 7.11 Å². The second-order valence-corrected chi connectivity index (χ2v) is 4.40. The van der Waals surface area contributed by atoms with Gasteiger partial charge in [0.15, 0.2) is 5.60 Å². The van der Waals surface area contributed by atoms with E-state index in [0.29, 0.717) is 5.56 Å². The monoisotopic (exact) mass is 252 g/mol. The normalized spacial score (nSPS) is 13.4. The van der Waals surface area contributed by atoms with Gasteiger partial charge in [0, 0.05) is 11.1 Å². The summed E-state index contributed by atoms with van der Waals surface area (Å²) in [4.78, 5) is 0. The zero-order valence-corrected chi connectivity index (χ0v) is 11.1. The van der Waals surface area contributed by atoms with Crippen LogP contribution in [0.1, 0.15) is 16.7 Å². The highest BCUT2D eigenvalue weighted by Gasteiger charge is 2.30. The molecule has 2 heteroatoms. The summed E-state index contributed by atoms with van der Waals surface area (Å²) in [6.07, 6.45) is 5.58. The molecule has 0 spiro atoms. The van der Waals surface area contributed by atoms with E-state index in [2.05, 4.69) is 5.92 Å². The number of rotatable bonds is 3. The minimum absolute atomic E-state index is 0.658. The van der Waals surface area contributed by atoms with Crippen LogP contribution in [0.15, 0.2) is 48.5 Å². The molecule has 0 aliphatic heterocycles.